The zero-order valence-corrected chi connectivity index (χ0v) is 18.1. The molecule has 0 aliphatic carbocycles. The highest BCUT2D eigenvalue weighted by molar-refractivity contribution is 6.32. The molecule has 176 valence electrons. The number of morpholine rings is 1. The van der Waals surface area contributed by atoms with Gasteiger partial charge >= 0.3 is 5.69 Å². The normalized spacial score (nSPS) is 13.8. The Labute approximate surface area is 192 Å². The average molecular weight is 481 g/mol. The predicted octanol–water partition coefficient (Wildman–Crippen LogP) is 1.84. The summed E-state index contributed by atoms with van der Waals surface area (Å²) in [5.74, 6) is -1.03. The highest BCUT2D eigenvalue weighted by Gasteiger charge is 2.24. The molecule has 2 aromatic rings. The predicted molar refractivity (Wildman–Crippen MR) is 118 cm³/mol. The van der Waals surface area contributed by atoms with Gasteiger partial charge in [-0.15, -0.1) is 0 Å². The van der Waals surface area contributed by atoms with Crippen molar-refractivity contribution in [3.8, 4) is 0 Å². The third-order valence-corrected chi connectivity index (χ3v) is 5.07. The van der Waals surface area contributed by atoms with Crippen LogP contribution in [0.2, 0.25) is 5.02 Å². The van der Waals surface area contributed by atoms with E-state index < -0.39 is 27.1 Å². The first-order valence-electron chi connectivity index (χ1n) is 9.90. The van der Waals surface area contributed by atoms with Gasteiger partial charge in [-0.3, -0.25) is 40.8 Å². The number of anilines is 2. The smallest absolute Gasteiger partial charge is 0.354 e. The first kappa shape index (κ1) is 24.0. The van der Waals surface area contributed by atoms with Crippen LogP contribution >= 0.6 is 11.6 Å². The maximum atomic E-state index is 12.3. The molecule has 0 saturated carbocycles. The van der Waals surface area contributed by atoms with Crippen LogP contribution < -0.4 is 16.2 Å². The molecule has 15 heteroatoms. The fourth-order valence-corrected chi connectivity index (χ4v) is 3.28. The minimum absolute atomic E-state index is 0.00384. The number of ether oxygens (including phenoxy) is 1. The van der Waals surface area contributed by atoms with Crippen molar-refractivity contribution in [1.82, 2.24) is 20.3 Å². The van der Waals surface area contributed by atoms with E-state index in [1.165, 1.54) is 12.1 Å². The average Bonchev–Trinajstić information content (AvgIpc) is 2.81. The van der Waals surface area contributed by atoms with Crippen LogP contribution in [0.4, 0.5) is 23.0 Å². The topological polar surface area (TPSA) is 178 Å². The van der Waals surface area contributed by atoms with Crippen molar-refractivity contribution in [2.45, 2.75) is 6.42 Å². The lowest BCUT2D eigenvalue weighted by Crippen LogP contribution is -2.37. The Morgan fingerprint density at radius 1 is 1.15 bits per heavy atom. The largest absolute Gasteiger partial charge is 0.379 e. The second kappa shape index (κ2) is 11.3. The molecule has 1 aliphatic heterocycles. The Morgan fingerprint density at radius 2 is 1.88 bits per heavy atom. The lowest BCUT2D eigenvalue weighted by molar-refractivity contribution is -0.384. The first-order chi connectivity index (χ1) is 15.9. The molecule has 1 fully saturated rings. The van der Waals surface area contributed by atoms with Crippen molar-refractivity contribution >= 4 is 40.5 Å². The molecular weight excluding hydrogens is 460 g/mol. The molecule has 0 bridgehead atoms. The molecule has 1 amide bonds. The molecule has 1 aliphatic rings. The number of aromatic nitrogens is 2. The Balaban J connectivity index is 1.63. The van der Waals surface area contributed by atoms with Gasteiger partial charge in [-0.25, -0.2) is 9.97 Å². The number of halogens is 1. The van der Waals surface area contributed by atoms with Crippen molar-refractivity contribution in [3.05, 3.63) is 55.3 Å². The Bertz CT molecular complexity index is 1030. The fourth-order valence-electron chi connectivity index (χ4n) is 3.09. The molecule has 14 nitrogen and oxygen atoms in total. The summed E-state index contributed by atoms with van der Waals surface area (Å²) in [4.78, 5) is 43.6. The van der Waals surface area contributed by atoms with Gasteiger partial charge in [-0.2, -0.15) is 0 Å². The number of carbonyl (C=O) groups excluding carboxylic acids is 1. The number of rotatable bonds is 10. The van der Waals surface area contributed by atoms with Gasteiger partial charge in [0.25, 0.3) is 11.6 Å². The number of hydrazine groups is 1. The van der Waals surface area contributed by atoms with E-state index in [0.29, 0.717) is 19.8 Å². The number of benzene rings is 1. The van der Waals surface area contributed by atoms with E-state index in [4.69, 9.17) is 16.3 Å². The molecule has 0 unspecified atom stereocenters. The van der Waals surface area contributed by atoms with Crippen molar-refractivity contribution in [2.24, 2.45) is 0 Å². The number of hydrogen-bond acceptors (Lipinski definition) is 11. The minimum atomic E-state index is -0.775. The van der Waals surface area contributed by atoms with Crippen LogP contribution in [0.15, 0.2) is 24.5 Å². The van der Waals surface area contributed by atoms with Gasteiger partial charge in [-0.05, 0) is 25.1 Å². The number of hydrogen-bond donors (Lipinski definition) is 3. The third kappa shape index (κ3) is 6.44. The number of nitrogens with zero attached hydrogens (tertiary/aromatic N) is 5. The van der Waals surface area contributed by atoms with Gasteiger partial charge in [0.15, 0.2) is 0 Å². The van der Waals surface area contributed by atoms with E-state index in [1.54, 1.807) is 0 Å². The molecule has 0 spiro atoms. The lowest BCUT2D eigenvalue weighted by atomic mass is 10.2. The Hall–Kier alpha value is -3.62. The summed E-state index contributed by atoms with van der Waals surface area (Å²) < 4.78 is 5.30. The monoisotopic (exact) mass is 480 g/mol. The van der Waals surface area contributed by atoms with E-state index in [1.807, 2.05) is 0 Å². The van der Waals surface area contributed by atoms with Crippen LogP contribution in [0, 0.1) is 20.2 Å². The second-order valence-corrected chi connectivity index (χ2v) is 7.32. The number of amides is 1. The number of nitro groups is 2. The standard InChI is InChI=1S/C18H21ClN8O6/c19-13-3-2-12(10-14(13)26(29)30)18(28)24-23-17-15(27(31)32)16(21-11-22-17)20-4-1-5-25-6-8-33-9-7-25/h2-3,10-11H,1,4-9H2,(H,24,28)(H2,20,21,22,23). The van der Waals surface area contributed by atoms with Gasteiger partial charge in [0.05, 0.1) is 23.1 Å². The van der Waals surface area contributed by atoms with Crippen molar-refractivity contribution in [3.63, 3.8) is 0 Å². The van der Waals surface area contributed by atoms with Crippen LogP contribution in [0.1, 0.15) is 16.8 Å². The fraction of sp³-hybridized carbons (Fsp3) is 0.389. The van der Waals surface area contributed by atoms with Crippen molar-refractivity contribution < 1.29 is 19.4 Å². The second-order valence-electron chi connectivity index (χ2n) is 6.91. The summed E-state index contributed by atoms with van der Waals surface area (Å²) in [6.45, 7) is 4.32. The zero-order valence-electron chi connectivity index (χ0n) is 17.3. The van der Waals surface area contributed by atoms with Gasteiger partial charge < -0.3 is 10.1 Å². The molecule has 1 aromatic heterocycles. The molecule has 0 radical (unpaired) electrons. The zero-order chi connectivity index (χ0) is 23.8. The molecule has 3 rings (SSSR count). The maximum absolute atomic E-state index is 12.3. The van der Waals surface area contributed by atoms with Gasteiger partial charge in [0.1, 0.15) is 11.3 Å². The summed E-state index contributed by atoms with van der Waals surface area (Å²) in [5.41, 5.74) is 3.65. The number of nitro benzene ring substituents is 1. The third-order valence-electron chi connectivity index (χ3n) is 4.75. The van der Waals surface area contributed by atoms with Crippen LogP contribution in [0.25, 0.3) is 0 Å². The summed E-state index contributed by atoms with van der Waals surface area (Å²) in [5, 5.41) is 25.4. The highest BCUT2D eigenvalue weighted by atomic mass is 35.5. The van der Waals surface area contributed by atoms with E-state index in [2.05, 4.69) is 31.0 Å². The van der Waals surface area contributed by atoms with Crippen LogP contribution in [0.5, 0.6) is 0 Å². The minimum Gasteiger partial charge on any atom is -0.379 e. The Kier molecular flexibility index (Phi) is 8.23. The Morgan fingerprint density at radius 3 is 2.58 bits per heavy atom. The van der Waals surface area contributed by atoms with Crippen molar-refractivity contribution in [1.29, 1.82) is 0 Å². The summed E-state index contributed by atoms with van der Waals surface area (Å²) >= 11 is 5.74. The molecule has 2 heterocycles. The van der Waals surface area contributed by atoms with E-state index in [9.17, 15) is 25.0 Å². The highest BCUT2D eigenvalue weighted by Crippen LogP contribution is 2.28. The molecule has 0 atom stereocenters. The molecule has 1 aromatic carbocycles. The van der Waals surface area contributed by atoms with Crippen molar-refractivity contribution in [2.75, 3.05) is 50.1 Å². The molecule has 1 saturated heterocycles. The van der Waals surface area contributed by atoms with Gasteiger partial charge in [0.2, 0.25) is 11.6 Å². The summed E-state index contributed by atoms with van der Waals surface area (Å²) in [7, 11) is 0. The van der Waals surface area contributed by atoms with Gasteiger partial charge in [0, 0.05) is 31.3 Å². The van der Waals surface area contributed by atoms with E-state index in [0.717, 1.165) is 38.4 Å². The van der Waals surface area contributed by atoms with Gasteiger partial charge in [-0.1, -0.05) is 11.6 Å². The van der Waals surface area contributed by atoms with E-state index >= 15 is 0 Å². The van der Waals surface area contributed by atoms with E-state index in [-0.39, 0.29) is 22.2 Å². The van der Waals surface area contributed by atoms with Crippen LogP contribution in [-0.4, -0.2) is 70.0 Å². The molecule has 3 N–H and O–H groups in total. The summed E-state index contributed by atoms with van der Waals surface area (Å²) in [6.07, 6.45) is 1.84. The first-order valence-corrected chi connectivity index (χ1v) is 10.3. The quantitative estimate of drug-likeness (QED) is 0.256. The molecule has 33 heavy (non-hydrogen) atoms. The lowest BCUT2D eigenvalue weighted by Gasteiger charge is -2.26. The summed E-state index contributed by atoms with van der Waals surface area (Å²) in [6, 6.07) is 3.48. The number of carbonyl (C=O) groups is 1. The molecular formula is C18H21ClN8O6. The van der Waals surface area contributed by atoms with Crippen LogP contribution in [-0.2, 0) is 4.74 Å². The van der Waals surface area contributed by atoms with Crippen LogP contribution in [0.3, 0.4) is 0 Å². The maximum Gasteiger partial charge on any atom is 0.354 e. The number of nitrogens with one attached hydrogen (secondary N) is 3. The SMILES string of the molecule is O=C(NNc1ncnc(NCCCN2CCOCC2)c1[N+](=O)[O-])c1ccc(Cl)c([N+](=O)[O-])c1.